The highest BCUT2D eigenvalue weighted by molar-refractivity contribution is 5.79. The van der Waals surface area contributed by atoms with Crippen molar-refractivity contribution in [3.05, 3.63) is 66.2 Å². The molecule has 0 saturated heterocycles. The average molecular weight is 264 g/mol. The maximum atomic E-state index is 4.13. The Hall–Kier alpha value is -3.02. The standard InChI is InChI=1S/C14H12N6/c1-3-7-12(8-4-1)11-15-16-14-17-18-19-20(14)13-9-5-2-6-10-13/h1-11H,(H,16,17,19). The van der Waals surface area contributed by atoms with Crippen molar-refractivity contribution in [2.75, 3.05) is 5.43 Å². The van der Waals surface area contributed by atoms with Crippen LogP contribution in [0.5, 0.6) is 0 Å². The van der Waals surface area contributed by atoms with Crippen LogP contribution in [0, 0.1) is 0 Å². The minimum atomic E-state index is 0.461. The summed E-state index contributed by atoms with van der Waals surface area (Å²) in [6.07, 6.45) is 1.71. The van der Waals surface area contributed by atoms with Gasteiger partial charge in [-0.15, -0.1) is 0 Å². The second-order valence-corrected chi connectivity index (χ2v) is 4.03. The number of tetrazole rings is 1. The fourth-order valence-electron chi connectivity index (χ4n) is 1.70. The maximum Gasteiger partial charge on any atom is 0.268 e. The normalized spacial score (nSPS) is 10.8. The minimum Gasteiger partial charge on any atom is -0.244 e. The van der Waals surface area contributed by atoms with E-state index >= 15 is 0 Å². The number of benzene rings is 2. The molecule has 0 unspecified atom stereocenters. The highest BCUT2D eigenvalue weighted by atomic mass is 15.6. The molecule has 3 aromatic rings. The molecule has 0 aliphatic rings. The molecule has 1 N–H and O–H groups in total. The summed E-state index contributed by atoms with van der Waals surface area (Å²) >= 11 is 0. The lowest BCUT2D eigenvalue weighted by atomic mass is 10.2. The molecule has 0 bridgehead atoms. The number of hydrogen-bond acceptors (Lipinski definition) is 5. The zero-order valence-electron chi connectivity index (χ0n) is 10.6. The van der Waals surface area contributed by atoms with Gasteiger partial charge >= 0.3 is 0 Å². The molecular formula is C14H12N6. The fourth-order valence-corrected chi connectivity index (χ4v) is 1.70. The van der Waals surface area contributed by atoms with E-state index in [0.29, 0.717) is 5.95 Å². The summed E-state index contributed by atoms with van der Waals surface area (Å²) in [6, 6.07) is 19.4. The number of nitrogens with one attached hydrogen (secondary N) is 1. The van der Waals surface area contributed by atoms with Crippen LogP contribution in [-0.2, 0) is 0 Å². The van der Waals surface area contributed by atoms with Gasteiger partial charge in [-0.1, -0.05) is 53.6 Å². The topological polar surface area (TPSA) is 68.0 Å². The predicted octanol–water partition coefficient (Wildman–Crippen LogP) is 2.11. The molecule has 0 spiro atoms. The van der Waals surface area contributed by atoms with Gasteiger partial charge in [0.1, 0.15) is 0 Å². The van der Waals surface area contributed by atoms with Gasteiger partial charge in [0.2, 0.25) is 0 Å². The van der Waals surface area contributed by atoms with E-state index in [0.717, 1.165) is 11.3 Å². The van der Waals surface area contributed by atoms with Gasteiger partial charge in [-0.2, -0.15) is 9.78 Å². The van der Waals surface area contributed by atoms with E-state index < -0.39 is 0 Å². The van der Waals surface area contributed by atoms with Crippen molar-refractivity contribution < 1.29 is 0 Å². The summed E-state index contributed by atoms with van der Waals surface area (Å²) in [5, 5.41) is 15.6. The van der Waals surface area contributed by atoms with E-state index in [2.05, 4.69) is 26.1 Å². The van der Waals surface area contributed by atoms with Crippen molar-refractivity contribution in [2.45, 2.75) is 0 Å². The van der Waals surface area contributed by atoms with Gasteiger partial charge in [0, 0.05) is 0 Å². The van der Waals surface area contributed by atoms with Crippen molar-refractivity contribution in [2.24, 2.45) is 5.10 Å². The number of para-hydroxylation sites is 1. The van der Waals surface area contributed by atoms with Crippen LogP contribution >= 0.6 is 0 Å². The summed E-state index contributed by atoms with van der Waals surface area (Å²) in [7, 11) is 0. The number of hydrazone groups is 1. The zero-order valence-corrected chi connectivity index (χ0v) is 10.6. The third-order valence-electron chi connectivity index (χ3n) is 2.65. The van der Waals surface area contributed by atoms with Crippen molar-refractivity contribution in [1.82, 2.24) is 20.2 Å². The van der Waals surface area contributed by atoms with Crippen molar-refractivity contribution in [3.8, 4) is 5.69 Å². The van der Waals surface area contributed by atoms with Crippen LogP contribution in [0.1, 0.15) is 5.56 Å². The number of aromatic nitrogens is 4. The quantitative estimate of drug-likeness (QED) is 0.579. The molecule has 0 aliphatic carbocycles. The molecular weight excluding hydrogens is 252 g/mol. The Labute approximate surface area is 115 Å². The van der Waals surface area contributed by atoms with Crippen molar-refractivity contribution >= 4 is 12.2 Å². The van der Waals surface area contributed by atoms with Gasteiger partial charge in [0.15, 0.2) is 0 Å². The van der Waals surface area contributed by atoms with E-state index in [-0.39, 0.29) is 0 Å². The highest BCUT2D eigenvalue weighted by Crippen LogP contribution is 2.10. The van der Waals surface area contributed by atoms with Gasteiger partial charge < -0.3 is 0 Å². The predicted molar refractivity (Wildman–Crippen MR) is 76.8 cm³/mol. The van der Waals surface area contributed by atoms with Crippen LogP contribution in [-0.4, -0.2) is 26.4 Å². The lowest BCUT2D eigenvalue weighted by molar-refractivity contribution is 0.790. The molecule has 6 nitrogen and oxygen atoms in total. The molecule has 0 amide bonds. The summed E-state index contributed by atoms with van der Waals surface area (Å²) in [6.45, 7) is 0. The third kappa shape index (κ3) is 2.69. The van der Waals surface area contributed by atoms with Gasteiger partial charge in [0.25, 0.3) is 5.95 Å². The second-order valence-electron chi connectivity index (χ2n) is 4.03. The Bertz CT molecular complexity index is 690. The molecule has 3 rings (SSSR count). The Morgan fingerprint density at radius 3 is 2.40 bits per heavy atom. The first-order chi connectivity index (χ1) is 9.93. The van der Waals surface area contributed by atoms with E-state index in [1.165, 1.54) is 0 Å². The van der Waals surface area contributed by atoms with Gasteiger partial charge in [-0.3, -0.25) is 0 Å². The number of rotatable bonds is 4. The lowest BCUT2D eigenvalue weighted by Crippen LogP contribution is -2.03. The van der Waals surface area contributed by atoms with E-state index in [1.807, 2.05) is 60.7 Å². The summed E-state index contributed by atoms with van der Waals surface area (Å²) < 4.78 is 1.59. The Kier molecular flexibility index (Phi) is 3.46. The smallest absolute Gasteiger partial charge is 0.244 e. The van der Waals surface area contributed by atoms with Crippen LogP contribution in [0.3, 0.4) is 0 Å². The number of hydrogen-bond donors (Lipinski definition) is 1. The first-order valence-electron chi connectivity index (χ1n) is 6.11. The Morgan fingerprint density at radius 1 is 0.950 bits per heavy atom. The first kappa shape index (κ1) is 12.0. The first-order valence-corrected chi connectivity index (χ1v) is 6.11. The highest BCUT2D eigenvalue weighted by Gasteiger charge is 2.05. The molecule has 20 heavy (non-hydrogen) atoms. The summed E-state index contributed by atoms with van der Waals surface area (Å²) in [5.74, 6) is 0.461. The largest absolute Gasteiger partial charge is 0.268 e. The molecule has 0 atom stereocenters. The van der Waals surface area contributed by atoms with E-state index in [1.54, 1.807) is 10.9 Å². The van der Waals surface area contributed by atoms with Crippen LogP contribution in [0.2, 0.25) is 0 Å². The summed E-state index contributed by atoms with van der Waals surface area (Å²) in [4.78, 5) is 0. The molecule has 6 heteroatoms. The number of nitrogens with zero attached hydrogens (tertiary/aromatic N) is 5. The van der Waals surface area contributed by atoms with Crippen molar-refractivity contribution in [1.29, 1.82) is 0 Å². The molecule has 1 heterocycles. The SMILES string of the molecule is C(=NNc1nnnn1-c1ccccc1)c1ccccc1. The third-order valence-corrected chi connectivity index (χ3v) is 2.65. The Balaban J connectivity index is 1.76. The van der Waals surface area contributed by atoms with Gasteiger partial charge in [0.05, 0.1) is 11.9 Å². The molecule has 2 aromatic carbocycles. The van der Waals surface area contributed by atoms with Crippen LogP contribution < -0.4 is 5.43 Å². The minimum absolute atomic E-state index is 0.461. The second kappa shape index (κ2) is 5.75. The van der Waals surface area contributed by atoms with Crippen molar-refractivity contribution in [3.63, 3.8) is 0 Å². The average Bonchev–Trinajstić information content (AvgIpc) is 2.98. The lowest BCUT2D eigenvalue weighted by Gasteiger charge is -2.02. The van der Waals surface area contributed by atoms with Crippen LogP contribution in [0.25, 0.3) is 5.69 Å². The van der Waals surface area contributed by atoms with Crippen LogP contribution in [0.4, 0.5) is 5.95 Å². The van der Waals surface area contributed by atoms with Gasteiger partial charge in [-0.25, -0.2) is 5.43 Å². The monoisotopic (exact) mass is 264 g/mol. The molecule has 0 radical (unpaired) electrons. The van der Waals surface area contributed by atoms with E-state index in [9.17, 15) is 0 Å². The van der Waals surface area contributed by atoms with Crippen LogP contribution in [0.15, 0.2) is 65.8 Å². The van der Waals surface area contributed by atoms with Gasteiger partial charge in [-0.05, 0) is 28.1 Å². The molecule has 1 aromatic heterocycles. The summed E-state index contributed by atoms with van der Waals surface area (Å²) in [5.41, 5.74) is 4.71. The maximum absolute atomic E-state index is 4.13. The molecule has 98 valence electrons. The molecule has 0 aliphatic heterocycles. The van der Waals surface area contributed by atoms with E-state index in [4.69, 9.17) is 0 Å². The Morgan fingerprint density at radius 2 is 1.65 bits per heavy atom. The zero-order chi connectivity index (χ0) is 13.6. The fraction of sp³-hybridized carbons (Fsp3) is 0. The number of anilines is 1. The molecule has 0 fully saturated rings. The molecule has 0 saturated carbocycles.